The maximum absolute atomic E-state index is 11.2. The third kappa shape index (κ3) is 5.86. The Morgan fingerprint density at radius 1 is 1.27 bits per heavy atom. The van der Waals surface area contributed by atoms with Crippen LogP contribution in [0.3, 0.4) is 0 Å². The molecule has 4 nitrogen and oxygen atoms in total. The molecule has 2 atom stereocenters. The maximum Gasteiger partial charge on any atom is 0.335 e. The maximum atomic E-state index is 11.2. The lowest BCUT2D eigenvalue weighted by Crippen LogP contribution is -2.45. The molecule has 0 spiro atoms. The number of aliphatic hydroxyl groups excluding tert-OH is 1. The summed E-state index contributed by atoms with van der Waals surface area (Å²) in [5.41, 5.74) is 0. The summed E-state index contributed by atoms with van der Waals surface area (Å²) in [6, 6.07) is 0. The van der Waals surface area contributed by atoms with Crippen molar-refractivity contribution in [3.8, 4) is 0 Å². The number of hydrogen-bond donors (Lipinski definition) is 1. The van der Waals surface area contributed by atoms with Crippen LogP contribution in [-0.2, 0) is 14.0 Å². The largest absolute Gasteiger partial charge is 0.467 e. The molecule has 0 aliphatic rings. The van der Waals surface area contributed by atoms with Crippen molar-refractivity contribution in [1.82, 2.24) is 0 Å². The van der Waals surface area contributed by atoms with Crippen molar-refractivity contribution in [3.63, 3.8) is 0 Å². The van der Waals surface area contributed by atoms with Gasteiger partial charge in [0, 0.05) is 12.5 Å². The monoisotopic (exact) mass is 330 g/mol. The molecule has 0 amide bonds. The molecule has 0 aliphatic carbocycles. The van der Waals surface area contributed by atoms with Gasteiger partial charge in [0.25, 0.3) is 0 Å². The summed E-state index contributed by atoms with van der Waals surface area (Å²) in [6.07, 6.45) is 3.48. The molecule has 0 bridgehead atoms. The van der Waals surface area contributed by atoms with E-state index in [2.05, 4.69) is 45.5 Å². The number of rotatable bonds is 9. The Hall–Kier alpha value is -0.653. The first-order valence-electron chi connectivity index (χ1n) is 8.04. The fourth-order valence-electron chi connectivity index (χ4n) is 2.01. The minimum atomic E-state index is -1.77. The van der Waals surface area contributed by atoms with Crippen molar-refractivity contribution < 1.29 is 19.1 Å². The molecule has 0 aromatic heterocycles. The second-order valence-corrected chi connectivity index (χ2v) is 11.9. The van der Waals surface area contributed by atoms with Gasteiger partial charge in [0.2, 0.25) is 0 Å². The minimum absolute atomic E-state index is 0.213. The van der Waals surface area contributed by atoms with E-state index in [4.69, 9.17) is 4.43 Å². The molecule has 0 unspecified atom stereocenters. The first-order chi connectivity index (χ1) is 9.97. The molecule has 0 aromatic carbocycles. The summed E-state index contributed by atoms with van der Waals surface area (Å²) >= 11 is 0. The van der Waals surface area contributed by atoms with Crippen molar-refractivity contribution in [3.05, 3.63) is 12.2 Å². The summed E-state index contributed by atoms with van der Waals surface area (Å²) in [7, 11) is -0.497. The predicted molar refractivity (Wildman–Crippen MR) is 93.3 cm³/mol. The third-order valence-electron chi connectivity index (χ3n) is 5.12. The molecule has 1 N–H and O–H groups in total. The predicted octanol–water partition coefficient (Wildman–Crippen LogP) is 3.76. The van der Waals surface area contributed by atoms with Gasteiger partial charge in [-0.05, 0) is 30.5 Å². The van der Waals surface area contributed by atoms with Crippen LogP contribution >= 0.6 is 0 Å². The van der Waals surface area contributed by atoms with Gasteiger partial charge in [-0.1, -0.05) is 46.8 Å². The highest BCUT2D eigenvalue weighted by atomic mass is 28.4. The van der Waals surface area contributed by atoms with Crippen LogP contribution in [-0.4, -0.2) is 39.2 Å². The minimum Gasteiger partial charge on any atom is -0.467 e. The molecule has 0 aliphatic heterocycles. The summed E-state index contributed by atoms with van der Waals surface area (Å²) in [5.74, 6) is -0.273. The molecule has 0 heterocycles. The molecule has 22 heavy (non-hydrogen) atoms. The molecular weight excluding hydrogens is 296 g/mol. The summed E-state index contributed by atoms with van der Waals surface area (Å²) in [4.78, 5) is 11.2. The zero-order valence-electron chi connectivity index (χ0n) is 15.5. The van der Waals surface area contributed by atoms with E-state index in [1.165, 1.54) is 7.11 Å². The molecule has 0 saturated carbocycles. The van der Waals surface area contributed by atoms with E-state index in [1.807, 2.05) is 12.2 Å². The van der Waals surface area contributed by atoms with Gasteiger partial charge in [-0.15, -0.1) is 0 Å². The van der Waals surface area contributed by atoms with Gasteiger partial charge in [0.1, 0.15) is 0 Å². The van der Waals surface area contributed by atoms with Crippen LogP contribution in [0.25, 0.3) is 0 Å². The van der Waals surface area contributed by atoms with Crippen LogP contribution in [0, 0.1) is 11.8 Å². The molecule has 0 rings (SSSR count). The number of methoxy groups -OCH3 is 1. The van der Waals surface area contributed by atoms with Gasteiger partial charge in [0.15, 0.2) is 14.4 Å². The Kier molecular flexibility index (Phi) is 8.58. The Bertz CT molecular complexity index is 375. The smallest absolute Gasteiger partial charge is 0.335 e. The highest BCUT2D eigenvalue weighted by molar-refractivity contribution is 6.74. The average Bonchev–Trinajstić information content (AvgIpc) is 2.44. The van der Waals surface area contributed by atoms with E-state index in [9.17, 15) is 9.90 Å². The van der Waals surface area contributed by atoms with Crippen LogP contribution in [0.1, 0.15) is 41.0 Å². The number of esters is 1. The summed E-state index contributed by atoms with van der Waals surface area (Å²) in [6.45, 7) is 16.1. The number of hydrogen-bond acceptors (Lipinski definition) is 4. The second-order valence-electron chi connectivity index (χ2n) is 7.28. The fraction of sp³-hybridized carbons (Fsp3) is 0.824. The van der Waals surface area contributed by atoms with E-state index in [0.29, 0.717) is 12.5 Å². The Morgan fingerprint density at radius 2 is 1.82 bits per heavy atom. The molecule has 0 fully saturated rings. The van der Waals surface area contributed by atoms with Crippen LogP contribution in [0.4, 0.5) is 0 Å². The molecular formula is C17H34O4Si. The average molecular weight is 331 g/mol. The topological polar surface area (TPSA) is 55.8 Å². The van der Waals surface area contributed by atoms with Crippen molar-refractivity contribution in [1.29, 1.82) is 0 Å². The van der Waals surface area contributed by atoms with E-state index >= 15 is 0 Å². The molecule has 0 radical (unpaired) electrons. The quantitative estimate of drug-likeness (QED) is 0.303. The SMILES string of the molecule is COC(=O)[C@H](O)[C@H](C)/C=C/CCO[Si](C)(C)C(C)(C)C(C)C. The zero-order chi connectivity index (χ0) is 17.6. The van der Waals surface area contributed by atoms with Crippen LogP contribution in [0.5, 0.6) is 0 Å². The van der Waals surface area contributed by atoms with Crippen LogP contribution in [0.15, 0.2) is 12.2 Å². The van der Waals surface area contributed by atoms with E-state index in [-0.39, 0.29) is 11.0 Å². The number of carbonyl (C=O) groups excluding carboxylic acids is 1. The molecule has 5 heteroatoms. The lowest BCUT2D eigenvalue weighted by molar-refractivity contribution is -0.152. The normalized spacial score (nSPS) is 16.1. The van der Waals surface area contributed by atoms with E-state index in [0.717, 1.165) is 6.42 Å². The van der Waals surface area contributed by atoms with Crippen LogP contribution < -0.4 is 0 Å². The first-order valence-corrected chi connectivity index (χ1v) is 10.9. The number of carbonyl (C=O) groups is 1. The standard InChI is InChI=1S/C17H34O4Si/c1-13(2)17(4,5)22(7,8)21-12-10-9-11-14(3)15(18)16(19)20-6/h9,11,13-15,18H,10,12H2,1-8H3/b11-9+/t14-,15-/m1/s1. The second kappa shape index (κ2) is 8.84. The lowest BCUT2D eigenvalue weighted by Gasteiger charge is -2.42. The molecule has 0 aromatic rings. The zero-order valence-corrected chi connectivity index (χ0v) is 16.5. The van der Waals surface area contributed by atoms with Gasteiger partial charge in [-0.25, -0.2) is 4.79 Å². The Morgan fingerprint density at radius 3 is 2.27 bits per heavy atom. The van der Waals surface area contributed by atoms with Crippen molar-refractivity contribution in [2.75, 3.05) is 13.7 Å². The highest BCUT2D eigenvalue weighted by Gasteiger charge is 2.42. The molecule has 0 saturated heterocycles. The Balaban J connectivity index is 4.32. The van der Waals surface area contributed by atoms with Gasteiger partial charge >= 0.3 is 5.97 Å². The van der Waals surface area contributed by atoms with Crippen molar-refractivity contribution in [2.45, 2.75) is 65.3 Å². The third-order valence-corrected chi connectivity index (χ3v) is 9.73. The first kappa shape index (κ1) is 21.3. The van der Waals surface area contributed by atoms with Crippen molar-refractivity contribution in [2.24, 2.45) is 11.8 Å². The van der Waals surface area contributed by atoms with Crippen LogP contribution in [0.2, 0.25) is 18.1 Å². The lowest BCUT2D eigenvalue weighted by atomic mass is 9.99. The number of ether oxygens (including phenoxy) is 1. The summed E-state index contributed by atoms with van der Waals surface area (Å²) < 4.78 is 10.7. The van der Waals surface area contributed by atoms with Gasteiger partial charge in [-0.2, -0.15) is 0 Å². The van der Waals surface area contributed by atoms with Crippen molar-refractivity contribution >= 4 is 14.3 Å². The van der Waals surface area contributed by atoms with Gasteiger partial charge in [-0.3, -0.25) is 0 Å². The number of aliphatic hydroxyl groups is 1. The van der Waals surface area contributed by atoms with E-state index in [1.54, 1.807) is 6.92 Å². The Labute approximate surface area is 137 Å². The summed E-state index contributed by atoms with van der Waals surface area (Å²) in [5, 5.41) is 9.90. The van der Waals surface area contributed by atoms with E-state index < -0.39 is 20.4 Å². The van der Waals surface area contributed by atoms with Gasteiger partial charge < -0.3 is 14.3 Å². The van der Waals surface area contributed by atoms with Gasteiger partial charge in [0.05, 0.1) is 7.11 Å². The fourth-order valence-corrected chi connectivity index (χ4v) is 4.41. The molecule has 130 valence electrons. The highest BCUT2D eigenvalue weighted by Crippen LogP contribution is 2.44.